The third kappa shape index (κ3) is 3.29. The Balaban J connectivity index is 2.29. The van der Waals surface area contributed by atoms with Crippen LogP contribution in [0.5, 0.6) is 5.75 Å². The van der Waals surface area contributed by atoms with Crippen molar-refractivity contribution < 1.29 is 17.9 Å². The van der Waals surface area contributed by atoms with Crippen LogP contribution in [0.2, 0.25) is 0 Å². The van der Waals surface area contributed by atoms with E-state index < -0.39 is 9.84 Å². The molecule has 21 heavy (non-hydrogen) atoms. The molecule has 2 rings (SSSR count). The third-order valence-corrected chi connectivity index (χ3v) is 5.46. The Hall–Kier alpha value is -1.76. The molecule has 1 aliphatic heterocycles. The molecular weight excluding hydrogens is 292 g/mol. The highest BCUT2D eigenvalue weighted by molar-refractivity contribution is 7.91. The largest absolute Gasteiger partial charge is 0.496 e. The van der Waals surface area contributed by atoms with Crippen LogP contribution >= 0.6 is 0 Å². The summed E-state index contributed by atoms with van der Waals surface area (Å²) in [4.78, 5) is 14.3. The second-order valence-corrected chi connectivity index (χ2v) is 7.34. The minimum Gasteiger partial charge on any atom is -0.496 e. The summed E-state index contributed by atoms with van der Waals surface area (Å²) in [6.45, 7) is 2.29. The fourth-order valence-electron chi connectivity index (χ4n) is 2.63. The van der Waals surface area contributed by atoms with Crippen LogP contribution in [0.1, 0.15) is 23.7 Å². The van der Waals surface area contributed by atoms with Crippen LogP contribution in [-0.2, 0) is 9.84 Å². The van der Waals surface area contributed by atoms with E-state index in [9.17, 15) is 13.2 Å². The molecule has 0 saturated carbocycles. The van der Waals surface area contributed by atoms with Crippen LogP contribution in [0.4, 0.5) is 5.69 Å². The molecule has 1 amide bonds. The lowest BCUT2D eigenvalue weighted by Gasteiger charge is -2.27. The minimum absolute atomic E-state index is 0.0316. The van der Waals surface area contributed by atoms with Crippen molar-refractivity contribution in [2.75, 3.05) is 30.9 Å². The van der Waals surface area contributed by atoms with E-state index in [0.29, 0.717) is 30.0 Å². The lowest BCUT2D eigenvalue weighted by molar-refractivity contribution is 0.0705. The number of rotatable bonds is 4. The number of anilines is 1. The highest BCUT2D eigenvalue weighted by atomic mass is 32.2. The Morgan fingerprint density at radius 3 is 2.71 bits per heavy atom. The zero-order valence-corrected chi connectivity index (χ0v) is 13.0. The molecule has 0 aliphatic carbocycles. The summed E-state index contributed by atoms with van der Waals surface area (Å²) in [7, 11) is -1.56. The number of ether oxygens (including phenoxy) is 1. The molecule has 0 spiro atoms. The molecule has 6 nitrogen and oxygen atoms in total. The summed E-state index contributed by atoms with van der Waals surface area (Å²) in [5.41, 5.74) is 6.60. The molecule has 1 heterocycles. The molecule has 2 N–H and O–H groups in total. The molecule has 0 aromatic heterocycles. The average molecular weight is 312 g/mol. The number of amides is 1. The first-order chi connectivity index (χ1) is 9.88. The van der Waals surface area contributed by atoms with Crippen LogP contribution in [0, 0.1) is 0 Å². The van der Waals surface area contributed by atoms with E-state index in [-0.39, 0.29) is 23.5 Å². The first-order valence-corrected chi connectivity index (χ1v) is 8.65. The molecule has 1 fully saturated rings. The van der Waals surface area contributed by atoms with Gasteiger partial charge in [-0.3, -0.25) is 4.79 Å². The second kappa shape index (κ2) is 5.93. The van der Waals surface area contributed by atoms with Gasteiger partial charge in [-0.2, -0.15) is 0 Å². The van der Waals surface area contributed by atoms with Crippen molar-refractivity contribution in [3.05, 3.63) is 23.8 Å². The SMILES string of the molecule is CCN(C(=O)c1ccc(N)cc1OC)C1CCS(=O)(=O)C1. The first-order valence-electron chi connectivity index (χ1n) is 6.83. The van der Waals surface area contributed by atoms with E-state index >= 15 is 0 Å². The summed E-state index contributed by atoms with van der Waals surface area (Å²) in [5, 5.41) is 0. The Labute approximate surface area is 124 Å². The molecule has 1 aromatic carbocycles. The van der Waals surface area contributed by atoms with Gasteiger partial charge >= 0.3 is 0 Å². The second-order valence-electron chi connectivity index (χ2n) is 5.11. The van der Waals surface area contributed by atoms with Gasteiger partial charge in [-0.05, 0) is 25.5 Å². The molecule has 1 atom stereocenters. The maximum atomic E-state index is 12.7. The zero-order valence-electron chi connectivity index (χ0n) is 12.2. The van der Waals surface area contributed by atoms with E-state index in [2.05, 4.69) is 0 Å². The van der Waals surface area contributed by atoms with Crippen molar-refractivity contribution in [3.63, 3.8) is 0 Å². The number of nitrogens with two attached hydrogens (primary N) is 1. The smallest absolute Gasteiger partial charge is 0.257 e. The van der Waals surface area contributed by atoms with Crippen molar-refractivity contribution in [1.29, 1.82) is 0 Å². The molecular formula is C14H20N2O4S. The quantitative estimate of drug-likeness (QED) is 0.835. The number of carbonyl (C=O) groups excluding carboxylic acids is 1. The van der Waals surface area contributed by atoms with Gasteiger partial charge in [-0.15, -0.1) is 0 Å². The summed E-state index contributed by atoms with van der Waals surface area (Å²) >= 11 is 0. The van der Waals surface area contributed by atoms with Gasteiger partial charge in [-0.25, -0.2) is 8.42 Å². The topological polar surface area (TPSA) is 89.7 Å². The fourth-order valence-corrected chi connectivity index (χ4v) is 4.36. The lowest BCUT2D eigenvalue weighted by Crippen LogP contribution is -2.41. The van der Waals surface area contributed by atoms with E-state index in [1.807, 2.05) is 6.92 Å². The number of hydrogen-bond acceptors (Lipinski definition) is 5. The number of hydrogen-bond donors (Lipinski definition) is 1. The van der Waals surface area contributed by atoms with Crippen molar-refractivity contribution in [1.82, 2.24) is 4.90 Å². The van der Waals surface area contributed by atoms with Crippen LogP contribution in [0.25, 0.3) is 0 Å². The fraction of sp³-hybridized carbons (Fsp3) is 0.500. The molecule has 1 aromatic rings. The molecule has 116 valence electrons. The van der Waals surface area contributed by atoms with E-state index in [1.54, 1.807) is 23.1 Å². The van der Waals surface area contributed by atoms with Crippen LogP contribution in [0.15, 0.2) is 18.2 Å². The van der Waals surface area contributed by atoms with Crippen LogP contribution in [0.3, 0.4) is 0 Å². The summed E-state index contributed by atoms with van der Waals surface area (Å²) < 4.78 is 28.4. The van der Waals surface area contributed by atoms with Gasteiger partial charge in [0, 0.05) is 24.3 Å². The van der Waals surface area contributed by atoms with Gasteiger partial charge in [0.05, 0.1) is 24.2 Å². The van der Waals surface area contributed by atoms with E-state index in [0.717, 1.165) is 0 Å². The van der Waals surface area contributed by atoms with E-state index in [4.69, 9.17) is 10.5 Å². The molecule has 1 saturated heterocycles. The van der Waals surface area contributed by atoms with Crippen molar-refractivity contribution in [2.24, 2.45) is 0 Å². The third-order valence-electron chi connectivity index (χ3n) is 3.71. The number of sulfone groups is 1. The first kappa shape index (κ1) is 15.6. The maximum Gasteiger partial charge on any atom is 0.257 e. The van der Waals surface area contributed by atoms with Crippen molar-refractivity contribution in [3.8, 4) is 5.75 Å². The highest BCUT2D eigenvalue weighted by Gasteiger charge is 2.34. The number of nitrogen functional groups attached to an aromatic ring is 1. The Bertz CT molecular complexity index is 642. The Kier molecular flexibility index (Phi) is 4.41. The van der Waals surface area contributed by atoms with Gasteiger partial charge in [0.1, 0.15) is 5.75 Å². The predicted molar refractivity (Wildman–Crippen MR) is 81.2 cm³/mol. The van der Waals surface area contributed by atoms with E-state index in [1.165, 1.54) is 7.11 Å². The van der Waals surface area contributed by atoms with Crippen molar-refractivity contribution >= 4 is 21.4 Å². The monoisotopic (exact) mass is 312 g/mol. The van der Waals surface area contributed by atoms with Crippen LogP contribution < -0.4 is 10.5 Å². The standard InChI is InChI=1S/C14H20N2O4S/c1-3-16(11-6-7-21(18,19)9-11)14(17)12-5-4-10(15)8-13(12)20-2/h4-5,8,11H,3,6-7,9,15H2,1-2H3. The minimum atomic E-state index is -3.03. The van der Waals surface area contributed by atoms with Gasteiger partial charge in [-0.1, -0.05) is 0 Å². The van der Waals surface area contributed by atoms with Gasteiger partial charge < -0.3 is 15.4 Å². The lowest BCUT2D eigenvalue weighted by atomic mass is 10.1. The van der Waals surface area contributed by atoms with Crippen LogP contribution in [-0.4, -0.2) is 50.4 Å². The average Bonchev–Trinajstić information content (AvgIpc) is 2.79. The molecule has 7 heteroatoms. The normalized spacial score (nSPS) is 20.2. The highest BCUT2D eigenvalue weighted by Crippen LogP contribution is 2.26. The predicted octanol–water partition coefficient (Wildman–Crippen LogP) is 0.927. The number of methoxy groups -OCH3 is 1. The molecule has 1 unspecified atom stereocenters. The molecule has 1 aliphatic rings. The molecule has 0 radical (unpaired) electrons. The summed E-state index contributed by atoms with van der Waals surface area (Å²) in [6, 6.07) is 4.57. The summed E-state index contributed by atoms with van der Waals surface area (Å²) in [6.07, 6.45) is 0.485. The number of benzene rings is 1. The van der Waals surface area contributed by atoms with Crippen molar-refractivity contribution in [2.45, 2.75) is 19.4 Å². The van der Waals surface area contributed by atoms with Gasteiger partial charge in [0.2, 0.25) is 0 Å². The maximum absolute atomic E-state index is 12.7. The number of carbonyl (C=O) groups is 1. The summed E-state index contributed by atoms with van der Waals surface area (Å²) in [5.74, 6) is 0.347. The Morgan fingerprint density at radius 1 is 1.48 bits per heavy atom. The van der Waals surface area contributed by atoms with Gasteiger partial charge in [0.25, 0.3) is 5.91 Å². The Morgan fingerprint density at radius 2 is 2.19 bits per heavy atom. The zero-order chi connectivity index (χ0) is 15.6. The van der Waals surface area contributed by atoms with Gasteiger partial charge in [0.15, 0.2) is 9.84 Å². The molecule has 0 bridgehead atoms. The number of nitrogens with zero attached hydrogens (tertiary/aromatic N) is 1.